The maximum absolute atomic E-state index is 12.2. The second kappa shape index (κ2) is 4.83. The average molecular weight is 239 g/mol. The maximum Gasteiger partial charge on any atom is 0.254 e. The fraction of sp³-hybridized carbons (Fsp3) is 0.500. The van der Waals surface area contributed by atoms with Crippen LogP contribution in [0, 0.1) is 6.92 Å². The van der Waals surface area contributed by atoms with Gasteiger partial charge in [-0.2, -0.15) is 0 Å². The molecule has 1 amide bonds. The van der Waals surface area contributed by atoms with Gasteiger partial charge in [0.25, 0.3) is 5.91 Å². The van der Waals surface area contributed by atoms with Crippen molar-refractivity contribution in [2.45, 2.75) is 25.8 Å². The summed E-state index contributed by atoms with van der Waals surface area (Å²) in [6, 6.07) is 3.79. The summed E-state index contributed by atoms with van der Waals surface area (Å²) in [5.74, 6) is 0.601. The Labute approximate surface area is 100 Å². The third-order valence-corrected chi connectivity index (χ3v) is 3.32. The van der Waals surface area contributed by atoms with Gasteiger partial charge in [-0.3, -0.25) is 9.78 Å². The summed E-state index contributed by atoms with van der Waals surface area (Å²) in [4.78, 5) is 18.2. The number of hydrogen-bond donors (Lipinski definition) is 0. The van der Waals surface area contributed by atoms with E-state index in [0.717, 1.165) is 25.1 Å². The highest BCUT2D eigenvalue weighted by molar-refractivity contribution is 6.18. The van der Waals surface area contributed by atoms with Gasteiger partial charge >= 0.3 is 0 Å². The molecule has 4 heteroatoms. The maximum atomic E-state index is 12.2. The third kappa shape index (κ3) is 2.19. The molecule has 1 saturated heterocycles. The fourth-order valence-corrected chi connectivity index (χ4v) is 2.43. The zero-order valence-corrected chi connectivity index (χ0v) is 10.1. The number of aromatic nitrogens is 1. The second-order valence-electron chi connectivity index (χ2n) is 4.13. The molecule has 16 heavy (non-hydrogen) atoms. The molecule has 0 spiro atoms. The predicted octanol–water partition coefficient (Wildman–Crippen LogP) is 2.23. The first kappa shape index (κ1) is 11.4. The van der Waals surface area contributed by atoms with Crippen LogP contribution in [0.3, 0.4) is 0 Å². The zero-order valence-electron chi connectivity index (χ0n) is 9.32. The monoisotopic (exact) mass is 238 g/mol. The molecular weight excluding hydrogens is 224 g/mol. The van der Waals surface area contributed by atoms with Gasteiger partial charge in [-0.25, -0.2) is 0 Å². The lowest BCUT2D eigenvalue weighted by Gasteiger charge is -2.22. The molecule has 1 fully saturated rings. The first-order valence-electron chi connectivity index (χ1n) is 5.52. The van der Waals surface area contributed by atoms with E-state index in [0.29, 0.717) is 11.4 Å². The quantitative estimate of drug-likeness (QED) is 0.741. The van der Waals surface area contributed by atoms with E-state index >= 15 is 0 Å². The molecule has 0 bridgehead atoms. The van der Waals surface area contributed by atoms with Crippen molar-refractivity contribution >= 4 is 17.5 Å². The van der Waals surface area contributed by atoms with Gasteiger partial charge < -0.3 is 4.90 Å². The molecule has 1 unspecified atom stereocenters. The van der Waals surface area contributed by atoms with Gasteiger partial charge in [-0.15, -0.1) is 11.6 Å². The molecule has 0 radical (unpaired) electrons. The second-order valence-corrected chi connectivity index (χ2v) is 4.44. The van der Waals surface area contributed by atoms with Crippen molar-refractivity contribution in [2.75, 3.05) is 12.4 Å². The van der Waals surface area contributed by atoms with E-state index in [-0.39, 0.29) is 11.9 Å². The Morgan fingerprint density at radius 1 is 1.69 bits per heavy atom. The van der Waals surface area contributed by atoms with Gasteiger partial charge in [0.15, 0.2) is 0 Å². The molecule has 2 rings (SSSR count). The Balaban J connectivity index is 2.18. The first-order chi connectivity index (χ1) is 7.72. The Morgan fingerprint density at radius 3 is 3.19 bits per heavy atom. The minimum Gasteiger partial charge on any atom is -0.334 e. The number of hydrogen-bond acceptors (Lipinski definition) is 2. The van der Waals surface area contributed by atoms with E-state index in [4.69, 9.17) is 11.6 Å². The number of aryl methyl sites for hydroxylation is 1. The van der Waals surface area contributed by atoms with Crippen LogP contribution in [0.2, 0.25) is 0 Å². The van der Waals surface area contributed by atoms with Crippen LogP contribution in [-0.2, 0) is 0 Å². The summed E-state index contributed by atoms with van der Waals surface area (Å²) in [5, 5.41) is 0. The lowest BCUT2D eigenvalue weighted by molar-refractivity contribution is 0.0749. The number of halogens is 1. The van der Waals surface area contributed by atoms with Crippen molar-refractivity contribution < 1.29 is 4.79 Å². The molecule has 1 aromatic heterocycles. The number of alkyl halides is 1. The minimum atomic E-state index is 0.0775. The van der Waals surface area contributed by atoms with E-state index < -0.39 is 0 Å². The third-order valence-electron chi connectivity index (χ3n) is 2.96. The summed E-state index contributed by atoms with van der Waals surface area (Å²) in [7, 11) is 0. The average Bonchev–Trinajstić information content (AvgIpc) is 2.76. The smallest absolute Gasteiger partial charge is 0.254 e. The van der Waals surface area contributed by atoms with Crippen LogP contribution in [0.4, 0.5) is 0 Å². The number of rotatable bonds is 2. The Kier molecular flexibility index (Phi) is 3.44. The standard InChI is InChI=1S/C12H15ClN2O/c1-9-7-10(4-5-14-9)12(16)15-6-2-3-11(15)8-13/h4-5,7,11H,2-3,6,8H2,1H3. The molecule has 2 heterocycles. The first-order valence-corrected chi connectivity index (χ1v) is 6.05. The molecule has 0 aromatic carbocycles. The van der Waals surface area contributed by atoms with Crippen molar-refractivity contribution in [3.63, 3.8) is 0 Å². The highest BCUT2D eigenvalue weighted by Crippen LogP contribution is 2.21. The van der Waals surface area contributed by atoms with Crippen LogP contribution < -0.4 is 0 Å². The van der Waals surface area contributed by atoms with Crippen molar-refractivity contribution in [2.24, 2.45) is 0 Å². The Bertz CT molecular complexity index is 394. The summed E-state index contributed by atoms with van der Waals surface area (Å²) < 4.78 is 0. The number of carbonyl (C=O) groups excluding carboxylic acids is 1. The van der Waals surface area contributed by atoms with Crippen molar-refractivity contribution in [3.05, 3.63) is 29.6 Å². The van der Waals surface area contributed by atoms with Gasteiger partial charge in [0.05, 0.1) is 0 Å². The van der Waals surface area contributed by atoms with Crippen LogP contribution >= 0.6 is 11.6 Å². The lowest BCUT2D eigenvalue weighted by atomic mass is 10.2. The van der Waals surface area contributed by atoms with Crippen LogP contribution in [-0.4, -0.2) is 34.3 Å². The molecule has 1 atom stereocenters. The molecule has 1 aromatic rings. The highest BCUT2D eigenvalue weighted by Gasteiger charge is 2.28. The summed E-state index contributed by atoms with van der Waals surface area (Å²) in [6.07, 6.45) is 3.74. The minimum absolute atomic E-state index is 0.0775. The SMILES string of the molecule is Cc1cc(C(=O)N2CCCC2CCl)ccn1. The van der Waals surface area contributed by atoms with Crippen LogP contribution in [0.1, 0.15) is 28.9 Å². The molecule has 3 nitrogen and oxygen atoms in total. The molecule has 1 aliphatic rings. The molecule has 0 saturated carbocycles. The number of carbonyl (C=O) groups is 1. The largest absolute Gasteiger partial charge is 0.334 e. The van der Waals surface area contributed by atoms with Gasteiger partial charge in [-0.1, -0.05) is 0 Å². The Hall–Kier alpha value is -1.09. The number of amides is 1. The van der Waals surface area contributed by atoms with E-state index in [1.54, 1.807) is 12.3 Å². The molecule has 1 aliphatic heterocycles. The summed E-state index contributed by atoms with van der Waals surface area (Å²) >= 11 is 5.86. The van der Waals surface area contributed by atoms with E-state index in [1.807, 2.05) is 17.9 Å². The number of nitrogens with zero attached hydrogens (tertiary/aromatic N) is 2. The van der Waals surface area contributed by atoms with Gasteiger partial charge in [0.2, 0.25) is 0 Å². The van der Waals surface area contributed by atoms with Gasteiger partial charge in [0, 0.05) is 35.9 Å². The van der Waals surface area contributed by atoms with Gasteiger partial charge in [-0.05, 0) is 31.9 Å². The lowest BCUT2D eigenvalue weighted by Crippen LogP contribution is -2.36. The molecule has 0 aliphatic carbocycles. The molecule has 0 N–H and O–H groups in total. The normalized spacial score (nSPS) is 20.1. The van der Waals surface area contributed by atoms with Crippen LogP contribution in [0.15, 0.2) is 18.3 Å². The summed E-state index contributed by atoms with van der Waals surface area (Å²) in [6.45, 7) is 2.71. The van der Waals surface area contributed by atoms with E-state index in [2.05, 4.69) is 4.98 Å². The fourth-order valence-electron chi connectivity index (χ4n) is 2.11. The predicted molar refractivity (Wildman–Crippen MR) is 63.8 cm³/mol. The van der Waals surface area contributed by atoms with Crippen LogP contribution in [0.5, 0.6) is 0 Å². The zero-order chi connectivity index (χ0) is 11.5. The van der Waals surface area contributed by atoms with Crippen molar-refractivity contribution in [3.8, 4) is 0 Å². The van der Waals surface area contributed by atoms with Crippen LogP contribution in [0.25, 0.3) is 0 Å². The Morgan fingerprint density at radius 2 is 2.50 bits per heavy atom. The van der Waals surface area contributed by atoms with E-state index in [9.17, 15) is 4.79 Å². The highest BCUT2D eigenvalue weighted by atomic mass is 35.5. The molecular formula is C12H15ClN2O. The topological polar surface area (TPSA) is 33.2 Å². The van der Waals surface area contributed by atoms with Gasteiger partial charge in [0.1, 0.15) is 0 Å². The van der Waals surface area contributed by atoms with Crippen molar-refractivity contribution in [1.82, 2.24) is 9.88 Å². The number of likely N-dealkylation sites (tertiary alicyclic amines) is 1. The van der Waals surface area contributed by atoms with E-state index in [1.165, 1.54) is 0 Å². The number of pyridine rings is 1. The molecule has 86 valence electrons. The van der Waals surface area contributed by atoms with Crippen molar-refractivity contribution in [1.29, 1.82) is 0 Å². The summed E-state index contributed by atoms with van der Waals surface area (Å²) in [5.41, 5.74) is 1.58.